The summed E-state index contributed by atoms with van der Waals surface area (Å²) in [5.41, 5.74) is 5.94. The molecular formula is C13H12F2N2O. The monoisotopic (exact) mass is 250 g/mol. The van der Waals surface area contributed by atoms with E-state index in [0.29, 0.717) is 5.56 Å². The first-order chi connectivity index (χ1) is 8.41. The molecule has 2 N–H and O–H groups in total. The summed E-state index contributed by atoms with van der Waals surface area (Å²) in [5.74, 6) is -1.78. The minimum atomic E-state index is -0.673. The number of amides is 1. The van der Waals surface area contributed by atoms with E-state index in [1.54, 1.807) is 17.8 Å². The molecule has 0 saturated carbocycles. The van der Waals surface area contributed by atoms with Crippen LogP contribution in [0.15, 0.2) is 24.5 Å². The largest absolute Gasteiger partial charge is 0.366 e. The maximum atomic E-state index is 13.8. The highest BCUT2D eigenvalue weighted by Crippen LogP contribution is 2.31. The lowest BCUT2D eigenvalue weighted by Crippen LogP contribution is -2.11. The normalized spacial score (nSPS) is 10.7. The van der Waals surface area contributed by atoms with Gasteiger partial charge in [-0.1, -0.05) is 0 Å². The number of carbonyl (C=O) groups is 1. The van der Waals surface area contributed by atoms with E-state index >= 15 is 0 Å². The number of benzene rings is 1. The molecule has 0 aliphatic heterocycles. The van der Waals surface area contributed by atoms with E-state index in [2.05, 4.69) is 0 Å². The van der Waals surface area contributed by atoms with Gasteiger partial charge in [0.15, 0.2) is 0 Å². The van der Waals surface area contributed by atoms with Crippen molar-refractivity contribution in [3.05, 3.63) is 47.3 Å². The number of carbonyl (C=O) groups excluding carboxylic acids is 1. The van der Waals surface area contributed by atoms with Crippen LogP contribution in [0.25, 0.3) is 11.1 Å². The van der Waals surface area contributed by atoms with Crippen molar-refractivity contribution < 1.29 is 13.6 Å². The molecule has 1 aromatic heterocycles. The smallest absolute Gasteiger partial charge is 0.250 e. The van der Waals surface area contributed by atoms with Crippen LogP contribution in [0.5, 0.6) is 0 Å². The van der Waals surface area contributed by atoms with Gasteiger partial charge < -0.3 is 10.3 Å². The maximum Gasteiger partial charge on any atom is 0.250 e. The van der Waals surface area contributed by atoms with Crippen LogP contribution < -0.4 is 5.73 Å². The van der Waals surface area contributed by atoms with E-state index < -0.39 is 17.5 Å². The van der Waals surface area contributed by atoms with Gasteiger partial charge in [0.2, 0.25) is 0 Å². The van der Waals surface area contributed by atoms with Crippen LogP contribution in [0.4, 0.5) is 8.78 Å². The van der Waals surface area contributed by atoms with Crippen LogP contribution >= 0.6 is 0 Å². The quantitative estimate of drug-likeness (QED) is 0.874. The molecule has 1 heterocycles. The third-order valence-corrected chi connectivity index (χ3v) is 2.84. The molecule has 0 radical (unpaired) electrons. The molecule has 3 nitrogen and oxygen atoms in total. The van der Waals surface area contributed by atoms with Gasteiger partial charge in [0.05, 0.1) is 5.56 Å². The molecule has 0 unspecified atom stereocenters. The van der Waals surface area contributed by atoms with Crippen LogP contribution in [0.1, 0.15) is 15.9 Å². The molecule has 94 valence electrons. The van der Waals surface area contributed by atoms with Crippen LogP contribution in [-0.2, 0) is 7.05 Å². The zero-order valence-corrected chi connectivity index (χ0v) is 10.00. The fraction of sp³-hybridized carbons (Fsp3) is 0.154. The Bertz CT molecular complexity index is 632. The van der Waals surface area contributed by atoms with Crippen molar-refractivity contribution in [2.45, 2.75) is 6.92 Å². The predicted octanol–water partition coefficient (Wildman–Crippen LogP) is 2.38. The lowest BCUT2D eigenvalue weighted by molar-refractivity contribution is 0.100. The fourth-order valence-electron chi connectivity index (χ4n) is 1.96. The van der Waals surface area contributed by atoms with Crippen molar-refractivity contribution >= 4 is 5.91 Å². The van der Waals surface area contributed by atoms with Gasteiger partial charge in [-0.2, -0.15) is 0 Å². The summed E-state index contributed by atoms with van der Waals surface area (Å²) >= 11 is 0. The molecule has 0 fully saturated rings. The van der Waals surface area contributed by atoms with E-state index in [1.165, 1.54) is 13.1 Å². The van der Waals surface area contributed by atoms with Crippen LogP contribution in [0.3, 0.4) is 0 Å². The summed E-state index contributed by atoms with van der Waals surface area (Å²) in [6, 6.07) is 2.09. The lowest BCUT2D eigenvalue weighted by Gasteiger charge is -2.08. The van der Waals surface area contributed by atoms with Gasteiger partial charge in [0, 0.05) is 30.6 Å². The highest BCUT2D eigenvalue weighted by Gasteiger charge is 2.19. The highest BCUT2D eigenvalue weighted by molar-refractivity contribution is 6.00. The standard InChI is InChI=1S/C13H12F2N2O/c1-7-10(14)3-4-11(15)12(7)8-5-17(2)6-9(8)13(16)18/h3-6H,1-2H3,(H2,16,18). The van der Waals surface area contributed by atoms with Gasteiger partial charge in [-0.15, -0.1) is 0 Å². The fourth-order valence-corrected chi connectivity index (χ4v) is 1.96. The molecule has 0 aliphatic rings. The summed E-state index contributed by atoms with van der Waals surface area (Å²) in [6.45, 7) is 1.46. The first-order valence-electron chi connectivity index (χ1n) is 5.32. The second-order valence-electron chi connectivity index (χ2n) is 4.14. The lowest BCUT2D eigenvalue weighted by atomic mass is 9.98. The van der Waals surface area contributed by atoms with Crippen molar-refractivity contribution in [3.63, 3.8) is 0 Å². The Hall–Kier alpha value is -2.17. The summed E-state index contributed by atoms with van der Waals surface area (Å²) in [5, 5.41) is 0. The molecule has 2 aromatic rings. The molecule has 0 spiro atoms. The number of primary amides is 1. The number of hydrogen-bond donors (Lipinski definition) is 1. The van der Waals surface area contributed by atoms with E-state index in [-0.39, 0.29) is 16.7 Å². The van der Waals surface area contributed by atoms with Crippen molar-refractivity contribution in [2.75, 3.05) is 0 Å². The van der Waals surface area contributed by atoms with E-state index in [9.17, 15) is 13.6 Å². The van der Waals surface area contributed by atoms with Crippen LogP contribution in [-0.4, -0.2) is 10.5 Å². The first-order valence-corrected chi connectivity index (χ1v) is 5.32. The Kier molecular flexibility index (Phi) is 2.90. The van der Waals surface area contributed by atoms with Gasteiger partial charge in [-0.25, -0.2) is 8.78 Å². The number of aryl methyl sites for hydroxylation is 1. The molecule has 18 heavy (non-hydrogen) atoms. The molecular weight excluding hydrogens is 238 g/mol. The zero-order chi connectivity index (χ0) is 13.4. The third kappa shape index (κ3) is 1.88. The van der Waals surface area contributed by atoms with E-state index in [4.69, 9.17) is 5.73 Å². The Morgan fingerprint density at radius 1 is 1.22 bits per heavy atom. The Morgan fingerprint density at radius 3 is 2.44 bits per heavy atom. The van der Waals surface area contributed by atoms with Gasteiger partial charge in [-0.05, 0) is 24.6 Å². The highest BCUT2D eigenvalue weighted by atomic mass is 19.1. The topological polar surface area (TPSA) is 48.0 Å². The number of hydrogen-bond acceptors (Lipinski definition) is 1. The Labute approximate surface area is 103 Å². The van der Waals surface area contributed by atoms with Crippen molar-refractivity contribution in [2.24, 2.45) is 12.8 Å². The second kappa shape index (κ2) is 4.25. The maximum absolute atomic E-state index is 13.8. The van der Waals surface area contributed by atoms with Gasteiger partial charge in [0.1, 0.15) is 11.6 Å². The zero-order valence-electron chi connectivity index (χ0n) is 10.00. The van der Waals surface area contributed by atoms with E-state index in [1.807, 2.05) is 0 Å². The minimum Gasteiger partial charge on any atom is -0.366 e. The van der Waals surface area contributed by atoms with Crippen molar-refractivity contribution in [3.8, 4) is 11.1 Å². The average Bonchev–Trinajstić information content (AvgIpc) is 2.67. The van der Waals surface area contributed by atoms with Crippen LogP contribution in [0, 0.1) is 18.6 Å². The molecule has 5 heteroatoms. The summed E-state index contributed by atoms with van der Waals surface area (Å²) < 4.78 is 28.9. The Balaban J connectivity index is 2.77. The minimum absolute atomic E-state index is 0.0735. The Morgan fingerprint density at radius 2 is 1.83 bits per heavy atom. The number of halogens is 2. The summed E-state index contributed by atoms with van der Waals surface area (Å²) in [6.07, 6.45) is 3.03. The molecule has 0 atom stereocenters. The van der Waals surface area contributed by atoms with Gasteiger partial charge in [0.25, 0.3) is 5.91 Å². The number of aromatic nitrogens is 1. The second-order valence-corrected chi connectivity index (χ2v) is 4.14. The molecule has 0 saturated heterocycles. The number of rotatable bonds is 2. The number of nitrogens with zero attached hydrogens (tertiary/aromatic N) is 1. The average molecular weight is 250 g/mol. The van der Waals surface area contributed by atoms with Crippen LogP contribution in [0.2, 0.25) is 0 Å². The molecule has 0 bridgehead atoms. The molecule has 1 aromatic carbocycles. The molecule has 1 amide bonds. The van der Waals surface area contributed by atoms with Crippen molar-refractivity contribution in [1.29, 1.82) is 0 Å². The predicted molar refractivity (Wildman–Crippen MR) is 64.0 cm³/mol. The van der Waals surface area contributed by atoms with Gasteiger partial charge >= 0.3 is 0 Å². The SMILES string of the molecule is Cc1c(F)ccc(F)c1-c1cn(C)cc1C(N)=O. The first kappa shape index (κ1) is 12.3. The molecule has 2 rings (SSSR count). The summed E-state index contributed by atoms with van der Waals surface area (Å²) in [7, 11) is 1.68. The number of nitrogens with two attached hydrogens (primary N) is 1. The molecule has 0 aliphatic carbocycles. The van der Waals surface area contributed by atoms with Crippen molar-refractivity contribution in [1.82, 2.24) is 4.57 Å². The summed E-state index contributed by atoms with van der Waals surface area (Å²) in [4.78, 5) is 11.3. The van der Waals surface area contributed by atoms with Gasteiger partial charge in [-0.3, -0.25) is 4.79 Å². The van der Waals surface area contributed by atoms with E-state index in [0.717, 1.165) is 12.1 Å². The third-order valence-electron chi connectivity index (χ3n) is 2.84.